The monoisotopic (exact) mass is 325 g/mol. The fourth-order valence-corrected chi connectivity index (χ4v) is 2.20. The molecular weight excluding hydrogens is 309 g/mol. The fourth-order valence-electron chi connectivity index (χ4n) is 1.77. The van der Waals surface area contributed by atoms with Crippen LogP contribution >= 0.6 is 23.2 Å². The average molecular weight is 326 g/mol. The van der Waals surface area contributed by atoms with Gasteiger partial charge < -0.3 is 15.2 Å². The third-order valence-corrected chi connectivity index (χ3v) is 3.47. The quantitative estimate of drug-likeness (QED) is 0.838. The van der Waals surface area contributed by atoms with Gasteiger partial charge in [-0.15, -0.1) is 0 Å². The molecule has 0 fully saturated rings. The Kier molecular flexibility index (Phi) is 5.74. The van der Waals surface area contributed by atoms with Crippen molar-refractivity contribution in [3.8, 4) is 5.75 Å². The zero-order chi connectivity index (χ0) is 15.2. The Bertz CT molecular complexity index is 587. The first-order chi connectivity index (χ1) is 10.0. The minimum absolute atomic E-state index is 0.193. The van der Waals surface area contributed by atoms with Gasteiger partial charge in [-0.2, -0.15) is 0 Å². The molecule has 0 heterocycles. The van der Waals surface area contributed by atoms with E-state index in [0.29, 0.717) is 22.3 Å². The van der Waals surface area contributed by atoms with Crippen molar-refractivity contribution >= 4 is 28.9 Å². The molecule has 0 radical (unpaired) electrons. The van der Waals surface area contributed by atoms with E-state index in [4.69, 9.17) is 27.9 Å². The first-order valence-corrected chi connectivity index (χ1v) is 7.36. The smallest absolute Gasteiger partial charge is 0.119 e. The molecule has 2 rings (SSSR count). The van der Waals surface area contributed by atoms with Gasteiger partial charge in [-0.05, 0) is 48.9 Å². The van der Waals surface area contributed by atoms with Gasteiger partial charge in [-0.25, -0.2) is 0 Å². The van der Waals surface area contributed by atoms with E-state index in [1.165, 1.54) is 0 Å². The summed E-state index contributed by atoms with van der Waals surface area (Å²) in [5.74, 6) is 0.673. The van der Waals surface area contributed by atoms with E-state index in [0.717, 1.165) is 11.3 Å². The summed E-state index contributed by atoms with van der Waals surface area (Å²) >= 11 is 11.9. The van der Waals surface area contributed by atoms with E-state index in [1.54, 1.807) is 24.3 Å². The van der Waals surface area contributed by atoms with Crippen molar-refractivity contribution in [2.75, 3.05) is 18.5 Å². The molecule has 0 aromatic heterocycles. The summed E-state index contributed by atoms with van der Waals surface area (Å²) in [6.45, 7) is 2.53. The molecule has 0 saturated heterocycles. The summed E-state index contributed by atoms with van der Waals surface area (Å²) in [5.41, 5.74) is 1.89. The third-order valence-electron chi connectivity index (χ3n) is 2.91. The molecule has 0 spiro atoms. The average Bonchev–Trinajstić information content (AvgIpc) is 2.46. The van der Waals surface area contributed by atoms with Crippen LogP contribution in [0.3, 0.4) is 0 Å². The molecule has 0 saturated carbocycles. The standard InChI is InChI=1S/C16H17Cl2NO2/c1-11-2-7-16(15(18)8-11)19-9-13(20)10-21-14-5-3-12(17)4-6-14/h2-8,13,19-20H,9-10H2,1H3. The summed E-state index contributed by atoms with van der Waals surface area (Å²) in [4.78, 5) is 0. The predicted molar refractivity (Wildman–Crippen MR) is 87.6 cm³/mol. The molecule has 21 heavy (non-hydrogen) atoms. The van der Waals surface area contributed by atoms with Gasteiger partial charge in [0.05, 0.1) is 10.7 Å². The van der Waals surface area contributed by atoms with Crippen molar-refractivity contribution in [2.24, 2.45) is 0 Å². The lowest BCUT2D eigenvalue weighted by Gasteiger charge is -2.15. The number of anilines is 1. The van der Waals surface area contributed by atoms with Crippen molar-refractivity contribution in [3.63, 3.8) is 0 Å². The lowest BCUT2D eigenvalue weighted by Crippen LogP contribution is -2.26. The van der Waals surface area contributed by atoms with Gasteiger partial charge >= 0.3 is 0 Å². The van der Waals surface area contributed by atoms with E-state index in [-0.39, 0.29) is 6.61 Å². The maximum atomic E-state index is 9.92. The zero-order valence-electron chi connectivity index (χ0n) is 11.6. The normalized spacial score (nSPS) is 12.0. The first-order valence-electron chi connectivity index (χ1n) is 6.61. The van der Waals surface area contributed by atoms with E-state index in [9.17, 15) is 5.11 Å². The van der Waals surface area contributed by atoms with Crippen molar-refractivity contribution in [2.45, 2.75) is 13.0 Å². The zero-order valence-corrected chi connectivity index (χ0v) is 13.2. The second kappa shape index (κ2) is 7.55. The molecule has 0 amide bonds. The Hall–Kier alpha value is -1.42. The maximum Gasteiger partial charge on any atom is 0.119 e. The molecule has 2 aromatic rings. The molecule has 1 atom stereocenters. The number of aliphatic hydroxyl groups is 1. The van der Waals surface area contributed by atoms with Crippen LogP contribution in [0.2, 0.25) is 10.0 Å². The number of benzene rings is 2. The lowest BCUT2D eigenvalue weighted by molar-refractivity contribution is 0.117. The van der Waals surface area contributed by atoms with E-state index < -0.39 is 6.10 Å². The number of rotatable bonds is 6. The van der Waals surface area contributed by atoms with Gasteiger partial charge in [0.25, 0.3) is 0 Å². The Labute approximate surface area is 134 Å². The van der Waals surface area contributed by atoms with Crippen LogP contribution in [0, 0.1) is 6.92 Å². The Balaban J connectivity index is 1.79. The second-order valence-electron chi connectivity index (χ2n) is 4.78. The summed E-state index contributed by atoms with van der Waals surface area (Å²) in [7, 11) is 0. The Morgan fingerprint density at radius 2 is 1.86 bits per heavy atom. The summed E-state index contributed by atoms with van der Waals surface area (Å²) in [6.07, 6.45) is -0.641. The van der Waals surface area contributed by atoms with E-state index >= 15 is 0 Å². The van der Waals surface area contributed by atoms with Gasteiger partial charge in [-0.3, -0.25) is 0 Å². The highest BCUT2D eigenvalue weighted by Gasteiger charge is 2.07. The van der Waals surface area contributed by atoms with Gasteiger partial charge in [0.2, 0.25) is 0 Å². The highest BCUT2D eigenvalue weighted by molar-refractivity contribution is 6.33. The van der Waals surface area contributed by atoms with Crippen LogP contribution in [-0.2, 0) is 0 Å². The first kappa shape index (κ1) is 16.0. The van der Waals surface area contributed by atoms with Crippen LogP contribution in [0.1, 0.15) is 5.56 Å². The van der Waals surface area contributed by atoms with Crippen molar-refractivity contribution in [3.05, 3.63) is 58.1 Å². The number of hydrogen-bond acceptors (Lipinski definition) is 3. The summed E-state index contributed by atoms with van der Waals surface area (Å²) < 4.78 is 5.48. The molecular formula is C16H17Cl2NO2. The molecule has 2 N–H and O–H groups in total. The number of aliphatic hydroxyl groups excluding tert-OH is 1. The van der Waals surface area contributed by atoms with Crippen molar-refractivity contribution in [1.82, 2.24) is 0 Å². The largest absolute Gasteiger partial charge is 0.491 e. The minimum atomic E-state index is -0.641. The second-order valence-corrected chi connectivity index (χ2v) is 5.63. The van der Waals surface area contributed by atoms with Crippen molar-refractivity contribution in [1.29, 1.82) is 0 Å². The molecule has 2 aromatic carbocycles. The number of aryl methyl sites for hydroxylation is 1. The number of halogens is 2. The molecule has 0 aliphatic heterocycles. The molecule has 112 valence electrons. The van der Waals surface area contributed by atoms with Crippen LogP contribution in [0.4, 0.5) is 5.69 Å². The van der Waals surface area contributed by atoms with Crippen LogP contribution in [-0.4, -0.2) is 24.4 Å². The molecule has 3 nitrogen and oxygen atoms in total. The Morgan fingerprint density at radius 3 is 2.52 bits per heavy atom. The predicted octanol–water partition coefficient (Wildman–Crippen LogP) is 4.15. The molecule has 1 unspecified atom stereocenters. The third kappa shape index (κ3) is 5.12. The topological polar surface area (TPSA) is 41.5 Å². The lowest BCUT2D eigenvalue weighted by atomic mass is 10.2. The molecule has 0 aliphatic carbocycles. The summed E-state index contributed by atoms with van der Waals surface area (Å²) in [6, 6.07) is 12.7. The highest BCUT2D eigenvalue weighted by atomic mass is 35.5. The van der Waals surface area contributed by atoms with Crippen LogP contribution < -0.4 is 10.1 Å². The highest BCUT2D eigenvalue weighted by Crippen LogP contribution is 2.22. The number of nitrogens with one attached hydrogen (secondary N) is 1. The molecule has 5 heteroatoms. The van der Waals surface area contributed by atoms with Crippen LogP contribution in [0.15, 0.2) is 42.5 Å². The van der Waals surface area contributed by atoms with Gasteiger partial charge in [-0.1, -0.05) is 29.3 Å². The van der Waals surface area contributed by atoms with Gasteiger partial charge in [0.15, 0.2) is 0 Å². The molecule has 0 bridgehead atoms. The minimum Gasteiger partial charge on any atom is -0.491 e. The number of ether oxygens (including phenoxy) is 1. The Morgan fingerprint density at radius 1 is 1.14 bits per heavy atom. The van der Waals surface area contributed by atoms with Crippen molar-refractivity contribution < 1.29 is 9.84 Å². The van der Waals surface area contributed by atoms with Crippen LogP contribution in [0.25, 0.3) is 0 Å². The summed E-state index contributed by atoms with van der Waals surface area (Å²) in [5, 5.41) is 14.3. The van der Waals surface area contributed by atoms with Gasteiger partial charge in [0.1, 0.15) is 18.5 Å². The van der Waals surface area contributed by atoms with Crippen LogP contribution in [0.5, 0.6) is 5.75 Å². The SMILES string of the molecule is Cc1ccc(NCC(O)COc2ccc(Cl)cc2)c(Cl)c1. The maximum absolute atomic E-state index is 9.92. The number of hydrogen-bond donors (Lipinski definition) is 2. The van der Waals surface area contributed by atoms with E-state index in [2.05, 4.69) is 5.32 Å². The molecule has 0 aliphatic rings. The fraction of sp³-hybridized carbons (Fsp3) is 0.250. The van der Waals surface area contributed by atoms with Gasteiger partial charge in [0, 0.05) is 11.6 Å². The van der Waals surface area contributed by atoms with E-state index in [1.807, 2.05) is 25.1 Å².